The molecule has 1 aromatic carbocycles. The van der Waals surface area contributed by atoms with Crippen molar-refractivity contribution < 1.29 is 12.8 Å². The van der Waals surface area contributed by atoms with Crippen LogP contribution in [0.3, 0.4) is 0 Å². The molecule has 0 radical (unpaired) electrons. The smallest absolute Gasteiger partial charge is 0.261 e. The highest BCUT2D eigenvalue weighted by Gasteiger charge is 2.28. The fourth-order valence-corrected chi connectivity index (χ4v) is 4.93. The van der Waals surface area contributed by atoms with Gasteiger partial charge in [0.1, 0.15) is 5.82 Å². The third-order valence-corrected chi connectivity index (χ3v) is 6.56. The molecule has 1 atom stereocenters. The number of nitrogens with one attached hydrogen (secondary N) is 1. The van der Waals surface area contributed by atoms with E-state index in [2.05, 4.69) is 18.6 Å². The van der Waals surface area contributed by atoms with Crippen LogP contribution in [0.5, 0.6) is 0 Å². The largest absolute Gasteiger partial charge is 0.277 e. The Morgan fingerprint density at radius 2 is 2.00 bits per heavy atom. The van der Waals surface area contributed by atoms with Gasteiger partial charge in [-0.15, -0.1) is 0 Å². The summed E-state index contributed by atoms with van der Waals surface area (Å²) in [6.07, 6.45) is 4.25. The van der Waals surface area contributed by atoms with Crippen molar-refractivity contribution in [3.63, 3.8) is 0 Å². The van der Waals surface area contributed by atoms with Crippen molar-refractivity contribution in [2.24, 2.45) is 11.8 Å². The minimum absolute atomic E-state index is 0.0148. The van der Waals surface area contributed by atoms with Crippen LogP contribution in [0.4, 0.5) is 10.1 Å². The molecular weight excluding hydrogens is 337 g/mol. The van der Waals surface area contributed by atoms with Crippen LogP contribution in [-0.2, 0) is 10.0 Å². The number of anilines is 1. The lowest BCUT2D eigenvalue weighted by Crippen LogP contribution is -2.21. The van der Waals surface area contributed by atoms with Crippen LogP contribution in [0.15, 0.2) is 40.3 Å². The summed E-state index contributed by atoms with van der Waals surface area (Å²) in [6, 6.07) is 4.48. The highest BCUT2D eigenvalue weighted by atomic mass is 32.2. The van der Waals surface area contributed by atoms with Crippen molar-refractivity contribution in [3.05, 3.63) is 51.7 Å². The van der Waals surface area contributed by atoms with E-state index in [0.717, 1.165) is 36.0 Å². The van der Waals surface area contributed by atoms with Crippen molar-refractivity contribution in [2.45, 2.75) is 53.9 Å². The first-order chi connectivity index (χ1) is 11.7. The van der Waals surface area contributed by atoms with Crippen molar-refractivity contribution in [2.75, 3.05) is 4.72 Å². The molecule has 3 nitrogen and oxygen atoms in total. The molecule has 138 valence electrons. The minimum atomic E-state index is -3.82. The van der Waals surface area contributed by atoms with Crippen molar-refractivity contribution >= 4 is 15.7 Å². The summed E-state index contributed by atoms with van der Waals surface area (Å²) in [7, 11) is -3.82. The quantitative estimate of drug-likeness (QED) is 0.743. The molecule has 0 bridgehead atoms. The molecule has 0 heterocycles. The zero-order valence-corrected chi connectivity index (χ0v) is 16.5. The number of benzene rings is 1. The van der Waals surface area contributed by atoms with Gasteiger partial charge in [0.05, 0.1) is 10.6 Å². The molecule has 5 heteroatoms. The van der Waals surface area contributed by atoms with E-state index in [1.165, 1.54) is 12.1 Å². The second-order valence-corrected chi connectivity index (χ2v) is 8.90. The van der Waals surface area contributed by atoms with Gasteiger partial charge in [0.15, 0.2) is 0 Å². The first-order valence-corrected chi connectivity index (χ1v) is 10.3. The van der Waals surface area contributed by atoms with Gasteiger partial charge < -0.3 is 0 Å². The predicted molar refractivity (Wildman–Crippen MR) is 102 cm³/mol. The lowest BCUT2D eigenvalue weighted by atomic mass is 9.78. The molecular formula is C20H28FNO2S. The molecule has 25 heavy (non-hydrogen) atoms. The van der Waals surface area contributed by atoms with E-state index in [4.69, 9.17) is 0 Å². The molecule has 0 spiro atoms. The van der Waals surface area contributed by atoms with E-state index < -0.39 is 15.8 Å². The van der Waals surface area contributed by atoms with E-state index in [1.807, 2.05) is 6.92 Å². The summed E-state index contributed by atoms with van der Waals surface area (Å²) in [5, 5.41) is 0. The molecule has 0 aromatic heterocycles. The lowest BCUT2D eigenvalue weighted by Gasteiger charge is -2.29. The summed E-state index contributed by atoms with van der Waals surface area (Å²) < 4.78 is 42.2. The van der Waals surface area contributed by atoms with Crippen LogP contribution in [0.2, 0.25) is 0 Å². The topological polar surface area (TPSA) is 46.2 Å². The molecule has 0 saturated heterocycles. The minimum Gasteiger partial charge on any atom is -0.277 e. The second kappa shape index (κ2) is 7.73. The molecule has 2 rings (SSSR count). The van der Waals surface area contributed by atoms with E-state index in [-0.39, 0.29) is 10.6 Å². The maximum Gasteiger partial charge on any atom is 0.261 e. The molecule has 1 aliphatic rings. The Bertz CT molecular complexity index is 807. The van der Waals surface area contributed by atoms with Crippen molar-refractivity contribution in [3.8, 4) is 0 Å². The van der Waals surface area contributed by atoms with E-state index in [1.54, 1.807) is 26.0 Å². The van der Waals surface area contributed by atoms with Crippen LogP contribution < -0.4 is 4.72 Å². The average Bonchev–Trinajstić information content (AvgIpc) is 2.52. The number of hydrogen-bond donors (Lipinski definition) is 1. The van der Waals surface area contributed by atoms with Crippen LogP contribution in [0, 0.1) is 24.6 Å². The molecule has 1 unspecified atom stereocenters. The van der Waals surface area contributed by atoms with E-state index in [9.17, 15) is 12.8 Å². The van der Waals surface area contributed by atoms with Gasteiger partial charge in [0.2, 0.25) is 0 Å². The Balaban J connectivity index is 2.32. The zero-order valence-electron chi connectivity index (χ0n) is 15.7. The Labute approximate surface area is 151 Å². The summed E-state index contributed by atoms with van der Waals surface area (Å²) in [5.41, 5.74) is 2.73. The van der Waals surface area contributed by atoms with E-state index >= 15 is 0 Å². The maximum atomic E-state index is 14.0. The molecule has 1 aromatic rings. The van der Waals surface area contributed by atoms with Gasteiger partial charge >= 0.3 is 0 Å². The van der Waals surface area contributed by atoms with Crippen LogP contribution >= 0.6 is 0 Å². The second-order valence-electron chi connectivity index (χ2n) is 7.25. The number of sulfonamides is 1. The summed E-state index contributed by atoms with van der Waals surface area (Å²) in [4.78, 5) is 0.271. The Morgan fingerprint density at radius 3 is 2.52 bits per heavy atom. The number of rotatable bonds is 5. The van der Waals surface area contributed by atoms with E-state index in [0.29, 0.717) is 11.8 Å². The summed E-state index contributed by atoms with van der Waals surface area (Å²) in [6.45, 7) is 9.90. The van der Waals surface area contributed by atoms with Crippen LogP contribution in [0.25, 0.3) is 0 Å². The van der Waals surface area contributed by atoms with Gasteiger partial charge in [0, 0.05) is 0 Å². The highest BCUT2D eigenvalue weighted by molar-refractivity contribution is 7.96. The molecule has 1 aliphatic carbocycles. The molecule has 0 amide bonds. The molecule has 0 aliphatic heterocycles. The molecule has 0 fully saturated rings. The maximum absolute atomic E-state index is 14.0. The first kappa shape index (κ1) is 19.7. The summed E-state index contributed by atoms with van der Waals surface area (Å²) >= 11 is 0. The van der Waals surface area contributed by atoms with Gasteiger partial charge in [-0.25, -0.2) is 12.8 Å². The number of allylic oxidation sites excluding steroid dienone is 3. The third kappa shape index (κ3) is 4.51. The van der Waals surface area contributed by atoms with Crippen LogP contribution in [0.1, 0.15) is 52.5 Å². The standard InChI is InChI=1S/C20H28FNO2S/c1-6-20(17-9-8-16(13(2)3)12-15(17)5)25(23,24)22-19-10-7-14(4)11-18(19)21/h6-7,10-11,13,16,22H,8-9,12H2,1-5H3/b20-6+. The van der Waals surface area contributed by atoms with Gasteiger partial charge in [-0.3, -0.25) is 4.72 Å². The monoisotopic (exact) mass is 365 g/mol. The van der Waals surface area contributed by atoms with Gasteiger partial charge in [-0.2, -0.15) is 0 Å². The van der Waals surface area contributed by atoms with Crippen molar-refractivity contribution in [1.82, 2.24) is 0 Å². The SMILES string of the molecule is C/C=C(\C1=C(C)CC(C(C)C)CC1)S(=O)(=O)Nc1ccc(C)cc1F. The first-order valence-electron chi connectivity index (χ1n) is 8.80. The zero-order chi connectivity index (χ0) is 18.8. The van der Waals surface area contributed by atoms with Crippen molar-refractivity contribution in [1.29, 1.82) is 0 Å². The third-order valence-electron chi connectivity index (χ3n) is 5.01. The fraction of sp³-hybridized carbons (Fsp3) is 0.500. The highest BCUT2D eigenvalue weighted by Crippen LogP contribution is 2.38. The van der Waals surface area contributed by atoms with Crippen LogP contribution in [-0.4, -0.2) is 8.42 Å². The Morgan fingerprint density at radius 1 is 1.32 bits per heavy atom. The van der Waals surface area contributed by atoms with Gasteiger partial charge in [-0.1, -0.05) is 31.6 Å². The van der Waals surface area contributed by atoms with Gasteiger partial charge in [0.25, 0.3) is 10.0 Å². The predicted octanol–water partition coefficient (Wildman–Crippen LogP) is 5.55. The number of halogens is 1. The average molecular weight is 366 g/mol. The fourth-order valence-electron chi connectivity index (χ4n) is 3.46. The number of aryl methyl sites for hydroxylation is 1. The molecule has 1 N–H and O–H groups in total. The number of hydrogen-bond acceptors (Lipinski definition) is 2. The lowest BCUT2D eigenvalue weighted by molar-refractivity contribution is 0.343. The Hall–Kier alpha value is -1.62. The van der Waals surface area contributed by atoms with Gasteiger partial charge in [-0.05, 0) is 75.1 Å². The Kier molecular flexibility index (Phi) is 6.09. The normalized spacial score (nSPS) is 19.5. The summed E-state index contributed by atoms with van der Waals surface area (Å²) in [5.74, 6) is 0.613. The molecule has 0 saturated carbocycles.